The molecule has 1 aliphatic rings. The Bertz CT molecular complexity index is 1350. The molecule has 0 amide bonds. The first kappa shape index (κ1) is 58.5. The van der Waals surface area contributed by atoms with Crippen molar-refractivity contribution in [3.05, 3.63) is 46.6 Å². The Morgan fingerprint density at radius 1 is 0.468 bits per heavy atom. The average molecular weight is 883 g/mol. The Balaban J connectivity index is 2.28. The van der Waals surface area contributed by atoms with Crippen LogP contribution in [0.5, 0.6) is 0 Å². The van der Waals surface area contributed by atoms with Crippen LogP contribution in [0.4, 0.5) is 0 Å². The molecule has 11 nitrogen and oxygen atoms in total. The second-order valence-electron chi connectivity index (χ2n) is 20.8. The molecular weight excluding hydrogens is 789 g/mol. The van der Waals surface area contributed by atoms with E-state index in [1.165, 1.54) is 16.7 Å². The highest BCUT2D eigenvalue weighted by atomic mass is 16.7. The number of aliphatic hydroxyl groups is 9. The third-order valence-corrected chi connectivity index (χ3v) is 12.8. The smallest absolute Gasteiger partial charge is 0.187 e. The number of ether oxygens (including phenoxy) is 2. The zero-order chi connectivity index (χ0) is 47.2. The quantitative estimate of drug-likeness (QED) is 0.0286. The summed E-state index contributed by atoms with van der Waals surface area (Å²) in [5, 5.41) is 94.1. The molecule has 0 unspecified atom stereocenters. The highest BCUT2D eigenvalue weighted by Crippen LogP contribution is 2.31. The monoisotopic (exact) mass is 883 g/mol. The standard InChI is InChI=1S/C51H94O11/c1-38(2)19-13-26-47(6,56)28-15-30-49(8,58)32-17-34-51(10,60)35-18-33-50(9,59)31-16-29-48(7,57)27-14-24-40(4)22-11-20-39(3)21-12-23-41(5)25-36-61-46-45(55)44(54)43(53)42(37-52)62-46/h19,21-22,25,42-46,52-60H,11-18,20,23-24,26-37H2,1-10H3/b39-21+,40-22+,41-25+/t42-,43-,44+,45+,46+,47+,48-,49+,50-,51+/m1/s1. The first-order chi connectivity index (χ1) is 28.7. The summed E-state index contributed by atoms with van der Waals surface area (Å²) < 4.78 is 10.9. The van der Waals surface area contributed by atoms with Crippen molar-refractivity contribution in [3.8, 4) is 0 Å². The minimum atomic E-state index is -1.45. The van der Waals surface area contributed by atoms with E-state index in [4.69, 9.17) is 9.47 Å². The number of allylic oxidation sites excluding steroid dienone is 7. The van der Waals surface area contributed by atoms with E-state index in [0.29, 0.717) is 77.0 Å². The van der Waals surface area contributed by atoms with E-state index < -0.39 is 65.3 Å². The first-order valence-corrected chi connectivity index (χ1v) is 23.8. The minimum absolute atomic E-state index is 0.173. The van der Waals surface area contributed by atoms with Gasteiger partial charge < -0.3 is 55.4 Å². The molecule has 0 radical (unpaired) electrons. The van der Waals surface area contributed by atoms with Crippen LogP contribution in [0.25, 0.3) is 0 Å². The van der Waals surface area contributed by atoms with E-state index in [9.17, 15) is 46.0 Å². The van der Waals surface area contributed by atoms with Crippen LogP contribution in [0.1, 0.15) is 204 Å². The molecule has 1 heterocycles. The van der Waals surface area contributed by atoms with Gasteiger partial charge in [-0.3, -0.25) is 0 Å². The number of aliphatic hydroxyl groups excluding tert-OH is 4. The number of hydrogen-bond donors (Lipinski definition) is 9. The highest BCUT2D eigenvalue weighted by molar-refractivity contribution is 5.06. The van der Waals surface area contributed by atoms with Crippen LogP contribution in [0.15, 0.2) is 46.6 Å². The van der Waals surface area contributed by atoms with Crippen molar-refractivity contribution in [1.29, 1.82) is 0 Å². The molecule has 9 N–H and O–H groups in total. The van der Waals surface area contributed by atoms with Crippen molar-refractivity contribution >= 4 is 0 Å². The maximum atomic E-state index is 11.1. The Kier molecular flexibility index (Phi) is 26.9. The van der Waals surface area contributed by atoms with Crippen LogP contribution in [0.3, 0.4) is 0 Å². The molecular formula is C51H94O11. The molecule has 364 valence electrons. The highest BCUT2D eigenvalue weighted by Gasteiger charge is 2.44. The van der Waals surface area contributed by atoms with Gasteiger partial charge in [0.15, 0.2) is 6.29 Å². The van der Waals surface area contributed by atoms with Gasteiger partial charge in [-0.05, 0) is 204 Å². The van der Waals surface area contributed by atoms with E-state index >= 15 is 0 Å². The summed E-state index contributed by atoms with van der Waals surface area (Å²) in [6.07, 6.45) is 17.7. The molecule has 10 atom stereocenters. The molecule has 11 heteroatoms. The minimum Gasteiger partial charge on any atom is -0.394 e. The van der Waals surface area contributed by atoms with Gasteiger partial charge in [-0.25, -0.2) is 0 Å². The van der Waals surface area contributed by atoms with Gasteiger partial charge in [0.2, 0.25) is 0 Å². The second kappa shape index (κ2) is 28.5. The maximum Gasteiger partial charge on any atom is 0.187 e. The molecule has 0 bridgehead atoms. The fraction of sp³-hybridized carbons (Fsp3) is 0.843. The lowest BCUT2D eigenvalue weighted by Gasteiger charge is -2.39. The lowest BCUT2D eigenvalue weighted by atomic mass is 9.84. The third kappa shape index (κ3) is 27.1. The summed E-state index contributed by atoms with van der Waals surface area (Å²) in [6.45, 7) is 19.4. The molecule has 0 spiro atoms. The Hall–Kier alpha value is -1.48. The predicted octanol–water partition coefficient (Wildman–Crippen LogP) is 8.56. The second-order valence-corrected chi connectivity index (χ2v) is 20.8. The lowest BCUT2D eigenvalue weighted by molar-refractivity contribution is -0.298. The number of rotatable bonds is 33. The summed E-state index contributed by atoms with van der Waals surface area (Å²) in [5.74, 6) is 0. The molecule has 1 rings (SSSR count). The van der Waals surface area contributed by atoms with Crippen LogP contribution in [0, 0.1) is 0 Å². The molecule has 0 saturated carbocycles. The number of hydrogen-bond acceptors (Lipinski definition) is 11. The van der Waals surface area contributed by atoms with Crippen molar-refractivity contribution < 1.29 is 55.4 Å². The predicted molar refractivity (Wildman–Crippen MR) is 250 cm³/mol. The molecule has 0 aromatic carbocycles. The summed E-state index contributed by atoms with van der Waals surface area (Å²) in [6, 6.07) is 0. The van der Waals surface area contributed by atoms with E-state index in [1.54, 1.807) is 0 Å². The Morgan fingerprint density at radius 3 is 1.24 bits per heavy atom. The molecule has 0 aliphatic carbocycles. The van der Waals surface area contributed by atoms with Crippen LogP contribution in [-0.2, 0) is 9.47 Å². The summed E-state index contributed by atoms with van der Waals surface area (Å²) in [7, 11) is 0. The summed E-state index contributed by atoms with van der Waals surface area (Å²) >= 11 is 0. The Morgan fingerprint density at radius 2 is 0.839 bits per heavy atom. The van der Waals surface area contributed by atoms with Crippen LogP contribution in [-0.4, -0.2) is 118 Å². The zero-order valence-corrected chi connectivity index (χ0v) is 40.8. The van der Waals surface area contributed by atoms with Gasteiger partial charge in [-0.1, -0.05) is 46.6 Å². The van der Waals surface area contributed by atoms with Gasteiger partial charge in [-0.2, -0.15) is 0 Å². The van der Waals surface area contributed by atoms with Crippen LogP contribution in [0.2, 0.25) is 0 Å². The molecule has 1 aliphatic heterocycles. The fourth-order valence-corrected chi connectivity index (χ4v) is 8.33. The fourth-order valence-electron chi connectivity index (χ4n) is 8.33. The van der Waals surface area contributed by atoms with Gasteiger partial charge in [0.05, 0.1) is 41.2 Å². The maximum absolute atomic E-state index is 11.1. The van der Waals surface area contributed by atoms with E-state index in [-0.39, 0.29) is 6.61 Å². The van der Waals surface area contributed by atoms with Crippen molar-refractivity contribution in [2.45, 2.75) is 263 Å². The zero-order valence-electron chi connectivity index (χ0n) is 40.8. The topological polar surface area (TPSA) is 201 Å². The van der Waals surface area contributed by atoms with Crippen LogP contribution < -0.4 is 0 Å². The summed E-state index contributed by atoms with van der Waals surface area (Å²) in [4.78, 5) is 0. The van der Waals surface area contributed by atoms with Crippen molar-refractivity contribution in [3.63, 3.8) is 0 Å². The van der Waals surface area contributed by atoms with E-state index in [0.717, 1.165) is 63.4 Å². The SMILES string of the molecule is CC(C)=CCC[C@](C)(O)CCC[C@](C)(O)CCC[C@](C)(O)CCC[C@](C)(O)CCC[C@](C)(O)CCC/C(C)=C/CC/C(C)=C/CC/C(C)=C/CO[C@H]1O[C@H](CO)[C@@H](O)[C@H](O)[C@@H]1O. The van der Waals surface area contributed by atoms with E-state index in [1.807, 2.05) is 47.6 Å². The van der Waals surface area contributed by atoms with Gasteiger partial charge in [-0.15, -0.1) is 0 Å². The normalized spacial score (nSPS) is 25.3. The van der Waals surface area contributed by atoms with Gasteiger partial charge in [0, 0.05) is 0 Å². The van der Waals surface area contributed by atoms with Crippen LogP contribution >= 0.6 is 0 Å². The molecule has 62 heavy (non-hydrogen) atoms. The van der Waals surface area contributed by atoms with Gasteiger partial charge in [0.1, 0.15) is 24.4 Å². The molecule has 1 saturated heterocycles. The lowest BCUT2D eigenvalue weighted by Crippen LogP contribution is -2.59. The van der Waals surface area contributed by atoms with Gasteiger partial charge in [0.25, 0.3) is 0 Å². The van der Waals surface area contributed by atoms with Crippen molar-refractivity contribution in [2.75, 3.05) is 13.2 Å². The molecule has 0 aromatic heterocycles. The van der Waals surface area contributed by atoms with E-state index in [2.05, 4.69) is 45.9 Å². The first-order valence-electron chi connectivity index (χ1n) is 23.8. The largest absolute Gasteiger partial charge is 0.394 e. The summed E-state index contributed by atoms with van der Waals surface area (Å²) in [5.41, 5.74) is 0.929. The average Bonchev–Trinajstić information content (AvgIpc) is 3.13. The van der Waals surface area contributed by atoms with Gasteiger partial charge >= 0.3 is 0 Å². The molecule has 1 fully saturated rings. The van der Waals surface area contributed by atoms with Crippen molar-refractivity contribution in [1.82, 2.24) is 0 Å². The molecule has 0 aromatic rings. The Labute approximate surface area is 377 Å². The third-order valence-electron chi connectivity index (χ3n) is 12.8. The van der Waals surface area contributed by atoms with Crippen molar-refractivity contribution in [2.24, 2.45) is 0 Å².